The van der Waals surface area contributed by atoms with E-state index < -0.39 is 12.0 Å². The number of aliphatic carboxylic acids is 1. The summed E-state index contributed by atoms with van der Waals surface area (Å²) in [6.45, 7) is 1.16. The van der Waals surface area contributed by atoms with Gasteiger partial charge in [-0.1, -0.05) is 30.3 Å². The molecular weight excluding hydrogens is 320 g/mol. The van der Waals surface area contributed by atoms with Crippen LogP contribution in [-0.4, -0.2) is 52.5 Å². The Labute approximate surface area is 146 Å². The van der Waals surface area contributed by atoms with E-state index in [0.717, 1.165) is 13.0 Å². The van der Waals surface area contributed by atoms with Crippen LogP contribution in [-0.2, 0) is 11.3 Å². The molecule has 6 heteroatoms. The lowest BCUT2D eigenvalue weighted by Gasteiger charge is -2.40. The highest BCUT2D eigenvalue weighted by atomic mass is 16.4. The first-order chi connectivity index (χ1) is 12.1. The Balaban J connectivity index is 1.68. The number of carbonyl (C=O) groups is 2. The average molecular weight is 342 g/mol. The van der Waals surface area contributed by atoms with Crippen molar-refractivity contribution in [3.8, 4) is 0 Å². The minimum atomic E-state index is -0.974. The largest absolute Gasteiger partial charge is 0.480 e. The number of nitrogens with zero attached hydrogens (tertiary/aromatic N) is 2. The van der Waals surface area contributed by atoms with Crippen LogP contribution in [0.4, 0.5) is 0 Å². The molecule has 1 amide bonds. The maximum Gasteiger partial charge on any atom is 0.326 e. The summed E-state index contributed by atoms with van der Waals surface area (Å²) < 4.78 is 5.14. The summed E-state index contributed by atoms with van der Waals surface area (Å²) in [7, 11) is 2.00. The van der Waals surface area contributed by atoms with E-state index in [2.05, 4.69) is 17.0 Å². The Hall–Kier alpha value is -2.60. The van der Waals surface area contributed by atoms with E-state index in [4.69, 9.17) is 4.42 Å². The molecule has 1 fully saturated rings. The summed E-state index contributed by atoms with van der Waals surface area (Å²) in [5, 5.41) is 9.60. The molecule has 3 rings (SSSR count). The highest BCUT2D eigenvalue weighted by molar-refractivity contribution is 5.94. The highest BCUT2D eigenvalue weighted by Crippen LogP contribution is 2.24. The molecule has 0 aliphatic carbocycles. The number of piperidine rings is 1. The molecule has 6 nitrogen and oxygen atoms in total. The molecule has 25 heavy (non-hydrogen) atoms. The number of hydrogen-bond acceptors (Lipinski definition) is 4. The number of rotatable bonds is 5. The van der Waals surface area contributed by atoms with Crippen molar-refractivity contribution in [1.29, 1.82) is 0 Å². The van der Waals surface area contributed by atoms with Gasteiger partial charge in [-0.25, -0.2) is 4.79 Å². The lowest BCUT2D eigenvalue weighted by atomic mass is 9.95. The Morgan fingerprint density at radius 3 is 2.64 bits per heavy atom. The Bertz CT molecular complexity index is 714. The maximum atomic E-state index is 12.5. The first kappa shape index (κ1) is 17.2. The van der Waals surface area contributed by atoms with Crippen LogP contribution in [0.3, 0.4) is 0 Å². The van der Waals surface area contributed by atoms with Crippen molar-refractivity contribution in [2.75, 3.05) is 13.6 Å². The average Bonchev–Trinajstić information content (AvgIpc) is 3.16. The molecule has 0 saturated carbocycles. The lowest BCUT2D eigenvalue weighted by Crippen LogP contribution is -2.54. The first-order valence-electron chi connectivity index (χ1n) is 8.37. The summed E-state index contributed by atoms with van der Waals surface area (Å²) in [4.78, 5) is 27.8. The molecule has 0 spiro atoms. The molecule has 1 saturated heterocycles. The minimum Gasteiger partial charge on any atom is -0.480 e. The van der Waals surface area contributed by atoms with Crippen LogP contribution in [0.1, 0.15) is 29.0 Å². The van der Waals surface area contributed by atoms with Crippen molar-refractivity contribution >= 4 is 11.9 Å². The molecule has 1 aliphatic rings. The summed E-state index contributed by atoms with van der Waals surface area (Å²) in [6.07, 6.45) is 2.56. The van der Waals surface area contributed by atoms with Gasteiger partial charge in [-0.2, -0.15) is 0 Å². The molecule has 1 aliphatic heterocycles. The standard InChI is InChI=1S/C19H22N2O4/c1-20(13-14-6-3-2-4-7-14)15-9-10-21(16(12-15)19(23)24)18(22)17-8-5-11-25-17/h2-8,11,15-16H,9-10,12-13H2,1H3,(H,23,24)/t15-,16+/m1/s1. The van der Waals surface area contributed by atoms with Crippen LogP contribution in [0.5, 0.6) is 0 Å². The number of carbonyl (C=O) groups excluding carboxylic acids is 1. The molecule has 1 aromatic heterocycles. The molecule has 2 atom stereocenters. The van der Waals surface area contributed by atoms with Crippen molar-refractivity contribution in [2.24, 2.45) is 0 Å². The fraction of sp³-hybridized carbons (Fsp3) is 0.368. The summed E-state index contributed by atoms with van der Waals surface area (Å²) in [5.41, 5.74) is 1.19. The fourth-order valence-corrected chi connectivity index (χ4v) is 3.37. The maximum absolute atomic E-state index is 12.5. The SMILES string of the molecule is CN(Cc1ccccc1)[C@@H]1CCN(C(=O)c2ccco2)[C@H](C(=O)O)C1. The van der Waals surface area contributed by atoms with Crippen LogP contribution in [0.25, 0.3) is 0 Å². The zero-order valence-electron chi connectivity index (χ0n) is 14.2. The molecule has 0 unspecified atom stereocenters. The van der Waals surface area contributed by atoms with Gasteiger partial charge in [-0.15, -0.1) is 0 Å². The number of carboxylic acid groups (broad SMARTS) is 1. The number of benzene rings is 1. The van der Waals surface area contributed by atoms with E-state index in [1.165, 1.54) is 16.7 Å². The lowest BCUT2D eigenvalue weighted by molar-refractivity contribution is -0.144. The predicted octanol–water partition coefficient (Wildman–Crippen LogP) is 2.47. The number of likely N-dealkylation sites (tertiary alicyclic amines) is 1. The van der Waals surface area contributed by atoms with Crippen LogP contribution in [0.15, 0.2) is 53.1 Å². The van der Waals surface area contributed by atoms with Crippen LogP contribution >= 0.6 is 0 Å². The van der Waals surface area contributed by atoms with Gasteiger partial charge in [0.1, 0.15) is 6.04 Å². The smallest absolute Gasteiger partial charge is 0.326 e. The Kier molecular flexibility index (Phi) is 5.19. The summed E-state index contributed by atoms with van der Waals surface area (Å²) in [6, 6.07) is 12.5. The fourth-order valence-electron chi connectivity index (χ4n) is 3.37. The van der Waals surface area contributed by atoms with Crippen molar-refractivity contribution in [3.63, 3.8) is 0 Å². The van der Waals surface area contributed by atoms with E-state index >= 15 is 0 Å². The Morgan fingerprint density at radius 1 is 1.24 bits per heavy atom. The molecule has 2 aromatic rings. The van der Waals surface area contributed by atoms with Gasteiger partial charge in [-0.05, 0) is 37.6 Å². The van der Waals surface area contributed by atoms with Gasteiger partial charge in [0, 0.05) is 19.1 Å². The van der Waals surface area contributed by atoms with E-state index in [0.29, 0.717) is 13.0 Å². The van der Waals surface area contributed by atoms with Crippen molar-refractivity contribution in [2.45, 2.75) is 31.5 Å². The van der Waals surface area contributed by atoms with Gasteiger partial charge >= 0.3 is 5.97 Å². The van der Waals surface area contributed by atoms with Crippen molar-refractivity contribution < 1.29 is 19.1 Å². The third-order valence-electron chi connectivity index (χ3n) is 4.75. The second-order valence-electron chi connectivity index (χ2n) is 6.41. The molecule has 1 N–H and O–H groups in total. The van der Waals surface area contributed by atoms with Crippen LogP contribution in [0.2, 0.25) is 0 Å². The summed E-state index contributed by atoms with van der Waals surface area (Å²) >= 11 is 0. The van der Waals surface area contributed by atoms with Gasteiger partial charge in [0.25, 0.3) is 5.91 Å². The number of hydrogen-bond donors (Lipinski definition) is 1. The minimum absolute atomic E-state index is 0.113. The van der Waals surface area contributed by atoms with Gasteiger partial charge in [0.2, 0.25) is 0 Å². The molecule has 1 aromatic carbocycles. The van der Waals surface area contributed by atoms with Crippen molar-refractivity contribution in [3.05, 3.63) is 60.1 Å². The van der Waals surface area contributed by atoms with Gasteiger partial charge in [-0.3, -0.25) is 9.69 Å². The van der Waals surface area contributed by atoms with Gasteiger partial charge in [0.15, 0.2) is 5.76 Å². The third-order valence-corrected chi connectivity index (χ3v) is 4.75. The summed E-state index contributed by atoms with van der Waals surface area (Å²) in [5.74, 6) is -1.15. The number of carboxylic acids is 1. The van der Waals surface area contributed by atoms with E-state index in [9.17, 15) is 14.7 Å². The van der Waals surface area contributed by atoms with E-state index in [-0.39, 0.29) is 17.7 Å². The van der Waals surface area contributed by atoms with Crippen LogP contribution < -0.4 is 0 Å². The zero-order chi connectivity index (χ0) is 17.8. The normalized spacial score (nSPS) is 20.6. The number of furan rings is 1. The molecule has 0 bridgehead atoms. The zero-order valence-corrected chi connectivity index (χ0v) is 14.2. The highest BCUT2D eigenvalue weighted by Gasteiger charge is 2.38. The second-order valence-corrected chi connectivity index (χ2v) is 6.41. The quantitative estimate of drug-likeness (QED) is 0.903. The van der Waals surface area contributed by atoms with E-state index in [1.807, 2.05) is 25.2 Å². The first-order valence-corrected chi connectivity index (χ1v) is 8.37. The van der Waals surface area contributed by atoms with Gasteiger partial charge < -0.3 is 14.4 Å². The molecule has 0 radical (unpaired) electrons. The van der Waals surface area contributed by atoms with Crippen LogP contribution in [0, 0.1) is 0 Å². The topological polar surface area (TPSA) is 74.0 Å². The monoisotopic (exact) mass is 342 g/mol. The molecular formula is C19H22N2O4. The predicted molar refractivity (Wildman–Crippen MR) is 92.1 cm³/mol. The molecule has 132 valence electrons. The van der Waals surface area contributed by atoms with Crippen molar-refractivity contribution in [1.82, 2.24) is 9.80 Å². The second kappa shape index (κ2) is 7.53. The Morgan fingerprint density at radius 2 is 2.00 bits per heavy atom. The third kappa shape index (κ3) is 3.91. The van der Waals surface area contributed by atoms with E-state index in [1.54, 1.807) is 12.1 Å². The van der Waals surface area contributed by atoms with Gasteiger partial charge in [0.05, 0.1) is 6.26 Å². The molecule has 2 heterocycles. The number of amides is 1.